The van der Waals surface area contributed by atoms with Crippen LogP contribution < -0.4 is 0 Å². The minimum atomic E-state index is -4.17. The predicted octanol–water partition coefficient (Wildman–Crippen LogP) is -0.963. The highest BCUT2D eigenvalue weighted by Gasteiger charge is 2.30. The van der Waals surface area contributed by atoms with Crippen LogP contribution >= 0.6 is 0 Å². The van der Waals surface area contributed by atoms with Crippen molar-refractivity contribution in [1.82, 2.24) is 0 Å². The first-order valence-corrected chi connectivity index (χ1v) is 9.88. The maximum atomic E-state index is 11.0. The molecule has 21 heavy (non-hydrogen) atoms. The molecule has 0 aromatic rings. The van der Waals surface area contributed by atoms with Crippen LogP contribution in [0.5, 0.6) is 0 Å². The zero-order chi connectivity index (χ0) is 17.2. The lowest BCUT2D eigenvalue weighted by atomic mass is 10.4. The summed E-state index contributed by atoms with van der Waals surface area (Å²) in [6.07, 6.45) is 0. The van der Waals surface area contributed by atoms with E-state index in [1.165, 1.54) is 6.92 Å². The lowest BCUT2D eigenvalue weighted by Crippen LogP contribution is -2.53. The van der Waals surface area contributed by atoms with Crippen molar-refractivity contribution in [3.05, 3.63) is 0 Å². The second kappa shape index (κ2) is 10.3. The molecule has 1 aliphatic heterocycles. The van der Waals surface area contributed by atoms with Crippen LogP contribution in [0.4, 0.5) is 0 Å². The Bertz CT molecular complexity index is 507. The Balaban J connectivity index is 0. The van der Waals surface area contributed by atoms with Gasteiger partial charge in [0.15, 0.2) is 9.84 Å². The van der Waals surface area contributed by atoms with Gasteiger partial charge in [0, 0.05) is 0 Å². The van der Waals surface area contributed by atoms with Gasteiger partial charge in [0.05, 0.1) is 44.8 Å². The van der Waals surface area contributed by atoms with Gasteiger partial charge in [-0.05, 0) is 13.8 Å². The summed E-state index contributed by atoms with van der Waals surface area (Å²) in [6.45, 7) is 6.16. The van der Waals surface area contributed by atoms with Crippen molar-refractivity contribution < 1.29 is 38.5 Å². The fourth-order valence-electron chi connectivity index (χ4n) is 1.40. The summed E-state index contributed by atoms with van der Waals surface area (Å²) >= 11 is -0.750. The summed E-state index contributed by atoms with van der Waals surface area (Å²) in [7, 11) is -4.73. The van der Waals surface area contributed by atoms with Crippen LogP contribution in [0, 0.1) is 0 Å². The van der Waals surface area contributed by atoms with Gasteiger partial charge in [-0.25, -0.2) is 12.6 Å². The molecule has 1 N–H and O–H groups in total. The van der Waals surface area contributed by atoms with Crippen molar-refractivity contribution in [2.45, 2.75) is 13.8 Å². The first kappa shape index (κ1) is 22.9. The Hall–Kier alpha value is -0.400. The number of nitrogens with zero attached hydrogens (tertiary/aromatic N) is 1. The summed E-state index contributed by atoms with van der Waals surface area (Å²) in [4.78, 5) is 0. The van der Waals surface area contributed by atoms with Gasteiger partial charge in [-0.15, -0.1) is 0 Å². The van der Waals surface area contributed by atoms with Crippen molar-refractivity contribution in [2.75, 3.05) is 44.8 Å². The standard InChI is InChI=1S/C7H16NO2S.C2H6O4S.O2S/c1-3-8(2)4-6-11(9,10)7-5-8;1-2-6-7(3,4)5;1-3-2/h3-7H2,1-2H3;2H2,1H3,(H,3,4,5);/q+1;;. The van der Waals surface area contributed by atoms with Crippen molar-refractivity contribution >= 4 is 31.8 Å². The lowest BCUT2D eigenvalue weighted by Gasteiger charge is -2.36. The average molecular weight is 368 g/mol. The highest BCUT2D eigenvalue weighted by atomic mass is 32.3. The SMILES string of the molecule is CCOS(=O)(=O)O.CC[N+]1(C)CCS(=O)(=O)CC1.O=S=O. The van der Waals surface area contributed by atoms with Gasteiger partial charge in [0.25, 0.3) is 0 Å². The van der Waals surface area contributed by atoms with Gasteiger partial charge in [0.2, 0.25) is 0 Å². The number of hydrogen-bond donors (Lipinski definition) is 1. The highest BCUT2D eigenvalue weighted by molar-refractivity contribution is 7.91. The molecule has 0 spiro atoms. The van der Waals surface area contributed by atoms with E-state index in [4.69, 9.17) is 13.0 Å². The van der Waals surface area contributed by atoms with Gasteiger partial charge in [0.1, 0.15) is 0 Å². The zero-order valence-corrected chi connectivity index (χ0v) is 14.7. The van der Waals surface area contributed by atoms with Gasteiger partial charge in [-0.3, -0.25) is 4.55 Å². The van der Waals surface area contributed by atoms with Gasteiger partial charge < -0.3 is 4.48 Å². The Kier molecular flexibility index (Phi) is 11.3. The number of rotatable bonds is 3. The zero-order valence-electron chi connectivity index (χ0n) is 12.2. The lowest BCUT2D eigenvalue weighted by molar-refractivity contribution is -0.904. The minimum absolute atomic E-state index is 0.0289. The van der Waals surface area contributed by atoms with E-state index in [0.717, 1.165) is 24.1 Å². The number of sulfone groups is 1. The predicted molar refractivity (Wildman–Crippen MR) is 77.2 cm³/mol. The van der Waals surface area contributed by atoms with E-state index < -0.39 is 31.8 Å². The Morgan fingerprint density at radius 3 is 1.76 bits per heavy atom. The van der Waals surface area contributed by atoms with Crippen molar-refractivity contribution in [3.63, 3.8) is 0 Å². The quantitative estimate of drug-likeness (QED) is 0.497. The first-order chi connectivity index (χ1) is 9.45. The number of hydrogen-bond acceptors (Lipinski definition) is 7. The van der Waals surface area contributed by atoms with E-state index in [9.17, 15) is 16.8 Å². The number of quaternary nitrogens is 1. The fraction of sp³-hybridized carbons (Fsp3) is 1.00. The highest BCUT2D eigenvalue weighted by Crippen LogP contribution is 2.10. The van der Waals surface area contributed by atoms with E-state index in [2.05, 4.69) is 18.2 Å². The van der Waals surface area contributed by atoms with Crippen LogP contribution in [0.15, 0.2) is 0 Å². The summed E-state index contributed by atoms with van der Waals surface area (Å²) < 4.78 is 70.2. The normalized spacial score (nSPS) is 19.2. The molecule has 1 saturated heterocycles. The molecule has 0 amide bonds. The Morgan fingerprint density at radius 2 is 1.57 bits per heavy atom. The molecular formula is C9H22NO8S3+. The van der Waals surface area contributed by atoms with Crippen LogP contribution in [0.2, 0.25) is 0 Å². The molecule has 0 unspecified atom stereocenters. The monoisotopic (exact) mass is 368 g/mol. The van der Waals surface area contributed by atoms with E-state index in [1.807, 2.05) is 0 Å². The van der Waals surface area contributed by atoms with E-state index >= 15 is 0 Å². The summed E-state index contributed by atoms with van der Waals surface area (Å²) in [5.41, 5.74) is 0. The van der Waals surface area contributed by atoms with Crippen LogP contribution in [0.3, 0.4) is 0 Å². The molecule has 1 fully saturated rings. The van der Waals surface area contributed by atoms with Gasteiger partial charge >= 0.3 is 22.0 Å². The van der Waals surface area contributed by atoms with Crippen molar-refractivity contribution in [2.24, 2.45) is 0 Å². The van der Waals surface area contributed by atoms with E-state index in [0.29, 0.717) is 11.5 Å². The Labute approximate surface area is 129 Å². The van der Waals surface area contributed by atoms with Crippen molar-refractivity contribution in [1.29, 1.82) is 0 Å². The molecule has 0 bridgehead atoms. The van der Waals surface area contributed by atoms with E-state index in [-0.39, 0.29) is 6.61 Å². The third-order valence-electron chi connectivity index (χ3n) is 2.91. The molecule has 1 rings (SSSR count). The molecule has 1 heterocycles. The molecule has 0 aromatic carbocycles. The molecule has 9 nitrogen and oxygen atoms in total. The third-order valence-corrected chi connectivity index (χ3v) is 5.06. The maximum absolute atomic E-state index is 11.0. The topological polar surface area (TPSA) is 132 Å². The summed E-state index contributed by atoms with van der Waals surface area (Å²) in [5.74, 6) is 0.745. The average Bonchev–Trinajstić information content (AvgIpc) is 2.34. The second-order valence-corrected chi connectivity index (χ2v) is 7.97. The molecule has 0 aromatic heterocycles. The third kappa shape index (κ3) is 14.3. The smallest absolute Gasteiger partial charge is 0.325 e. The van der Waals surface area contributed by atoms with Crippen molar-refractivity contribution in [3.8, 4) is 0 Å². The molecule has 0 radical (unpaired) electrons. The van der Waals surface area contributed by atoms with Gasteiger partial charge in [-0.1, -0.05) is 0 Å². The molecule has 0 atom stereocenters. The largest absolute Gasteiger partial charge is 0.397 e. The second-order valence-electron chi connectivity index (χ2n) is 4.44. The van der Waals surface area contributed by atoms with Crippen LogP contribution in [-0.4, -0.2) is 79.1 Å². The molecule has 0 aliphatic carbocycles. The van der Waals surface area contributed by atoms with Crippen LogP contribution in [0.25, 0.3) is 0 Å². The van der Waals surface area contributed by atoms with Gasteiger partial charge in [-0.2, -0.15) is 16.8 Å². The Morgan fingerprint density at radius 1 is 1.19 bits per heavy atom. The molecule has 128 valence electrons. The fourth-order valence-corrected chi connectivity index (χ4v) is 3.34. The molecule has 1 aliphatic rings. The van der Waals surface area contributed by atoms with Crippen LogP contribution in [-0.2, 0) is 36.0 Å². The van der Waals surface area contributed by atoms with E-state index in [1.54, 1.807) is 0 Å². The summed E-state index contributed by atoms with van der Waals surface area (Å²) in [6, 6.07) is 0. The van der Waals surface area contributed by atoms with Crippen LogP contribution in [0.1, 0.15) is 13.8 Å². The maximum Gasteiger partial charge on any atom is 0.397 e. The molecule has 12 heteroatoms. The minimum Gasteiger partial charge on any atom is -0.325 e. The molecular weight excluding hydrogens is 346 g/mol. The first-order valence-electron chi connectivity index (χ1n) is 6.03. The summed E-state index contributed by atoms with van der Waals surface area (Å²) in [5, 5.41) is 0. The molecule has 0 saturated carbocycles.